The van der Waals surface area contributed by atoms with Crippen LogP contribution in [-0.4, -0.2) is 76.8 Å². The Kier molecular flexibility index (Phi) is 9.39. The minimum Gasteiger partial charge on any atom is -0.465 e. The Bertz CT molecular complexity index is 1480. The fourth-order valence-corrected chi connectivity index (χ4v) is 5.11. The number of carbonyl (C=O) groups excluding carboxylic acids is 2. The van der Waals surface area contributed by atoms with Crippen LogP contribution >= 0.6 is 27.5 Å². The van der Waals surface area contributed by atoms with Crippen molar-refractivity contribution < 1.29 is 23.5 Å². The number of esters is 1. The van der Waals surface area contributed by atoms with Gasteiger partial charge in [-0.2, -0.15) is 0 Å². The number of fused-ring (bicyclic) bond motifs is 1. The number of carbonyl (C=O) groups is 2. The number of nitrogens with zero attached hydrogens (tertiary/aromatic N) is 4. The molecule has 4 rings (SSSR count). The maximum absolute atomic E-state index is 15.7. The molecule has 0 unspecified atom stereocenters. The molecule has 11 heteroatoms. The highest BCUT2D eigenvalue weighted by molar-refractivity contribution is 9.10. The van der Waals surface area contributed by atoms with Gasteiger partial charge in [-0.1, -0.05) is 45.4 Å². The zero-order chi connectivity index (χ0) is 29.0. The Balaban J connectivity index is 1.46. The zero-order valence-electron chi connectivity index (χ0n) is 22.9. The summed E-state index contributed by atoms with van der Waals surface area (Å²) in [6.07, 6.45) is 1.32. The van der Waals surface area contributed by atoms with Gasteiger partial charge in [0.1, 0.15) is 11.1 Å². The smallest absolute Gasteiger partial charge is 0.410 e. The first kappa shape index (κ1) is 29.8. The molecule has 1 amide bonds. The molecule has 0 spiro atoms. The number of halogens is 3. The van der Waals surface area contributed by atoms with E-state index in [0.717, 1.165) is 4.47 Å². The summed E-state index contributed by atoms with van der Waals surface area (Å²) in [6, 6.07) is 6.91. The molecule has 212 valence electrons. The van der Waals surface area contributed by atoms with E-state index in [9.17, 15) is 9.59 Å². The van der Waals surface area contributed by atoms with Gasteiger partial charge >= 0.3 is 12.1 Å². The number of imidazole rings is 1. The molecule has 2 aromatic carbocycles. The highest BCUT2D eigenvalue weighted by atomic mass is 79.9. The van der Waals surface area contributed by atoms with Gasteiger partial charge in [0.05, 0.1) is 37.6 Å². The van der Waals surface area contributed by atoms with E-state index in [1.54, 1.807) is 27.7 Å². The van der Waals surface area contributed by atoms with Crippen LogP contribution in [0.15, 0.2) is 35.1 Å². The third-order valence-corrected chi connectivity index (χ3v) is 7.29. The lowest BCUT2D eigenvalue weighted by Gasteiger charge is -2.34. The predicted molar refractivity (Wildman–Crippen MR) is 155 cm³/mol. The van der Waals surface area contributed by atoms with Crippen LogP contribution in [0.3, 0.4) is 0 Å². The Labute approximate surface area is 246 Å². The number of amides is 1. The molecule has 0 saturated carbocycles. The third kappa shape index (κ3) is 7.14. The third-order valence-electron chi connectivity index (χ3n) is 6.45. The van der Waals surface area contributed by atoms with Crippen molar-refractivity contribution in [3.05, 3.63) is 62.6 Å². The van der Waals surface area contributed by atoms with Crippen molar-refractivity contribution in [2.75, 3.05) is 39.8 Å². The molecule has 3 aromatic rings. The quantitative estimate of drug-likeness (QED) is 0.272. The number of hydrogen-bond donors (Lipinski definition) is 0. The van der Waals surface area contributed by atoms with Gasteiger partial charge in [0, 0.05) is 47.7 Å². The van der Waals surface area contributed by atoms with E-state index in [1.165, 1.54) is 13.4 Å². The Hall–Kier alpha value is -3.13. The van der Waals surface area contributed by atoms with Crippen LogP contribution in [-0.2, 0) is 22.4 Å². The van der Waals surface area contributed by atoms with E-state index in [4.69, 9.17) is 21.1 Å². The van der Waals surface area contributed by atoms with Crippen molar-refractivity contribution >= 4 is 50.6 Å². The first-order chi connectivity index (χ1) is 19.0. The highest BCUT2D eigenvalue weighted by Crippen LogP contribution is 2.30. The van der Waals surface area contributed by atoms with Crippen molar-refractivity contribution in [1.82, 2.24) is 19.4 Å². The van der Waals surface area contributed by atoms with Gasteiger partial charge in [-0.15, -0.1) is 0 Å². The lowest BCUT2D eigenvalue weighted by molar-refractivity contribution is 0.0155. The second-order valence-corrected chi connectivity index (χ2v) is 11.8. The van der Waals surface area contributed by atoms with Crippen molar-refractivity contribution in [2.24, 2.45) is 0 Å². The van der Waals surface area contributed by atoms with Crippen molar-refractivity contribution in [1.29, 1.82) is 0 Å². The van der Waals surface area contributed by atoms with E-state index in [2.05, 4.69) is 37.7 Å². The molecule has 0 N–H and O–H groups in total. The average Bonchev–Trinajstić information content (AvgIpc) is 3.31. The summed E-state index contributed by atoms with van der Waals surface area (Å²) >= 11 is 9.73. The zero-order valence-corrected chi connectivity index (χ0v) is 25.2. The monoisotopic (exact) mass is 632 g/mol. The van der Waals surface area contributed by atoms with Crippen molar-refractivity contribution in [2.45, 2.75) is 39.3 Å². The maximum atomic E-state index is 15.7. The van der Waals surface area contributed by atoms with Gasteiger partial charge in [-0.05, 0) is 44.5 Å². The van der Waals surface area contributed by atoms with E-state index >= 15 is 4.39 Å². The lowest BCUT2D eigenvalue weighted by Crippen LogP contribution is -2.50. The van der Waals surface area contributed by atoms with Crippen LogP contribution in [0.1, 0.15) is 42.3 Å². The topological polar surface area (TPSA) is 76.9 Å². The Morgan fingerprint density at radius 1 is 1.12 bits per heavy atom. The van der Waals surface area contributed by atoms with Gasteiger partial charge < -0.3 is 18.9 Å². The number of piperazine rings is 1. The van der Waals surface area contributed by atoms with E-state index in [1.807, 2.05) is 26.8 Å². The summed E-state index contributed by atoms with van der Waals surface area (Å²) in [6.45, 7) is 8.90. The first-order valence-electron chi connectivity index (χ1n) is 12.8. The predicted octanol–water partition coefficient (Wildman–Crippen LogP) is 5.52. The lowest BCUT2D eigenvalue weighted by atomic mass is 9.98. The molecule has 8 nitrogen and oxygen atoms in total. The molecule has 1 aromatic heterocycles. The highest BCUT2D eigenvalue weighted by Gasteiger charge is 2.26. The normalized spacial score (nSPS) is 14.1. The molecule has 1 aliphatic rings. The minimum atomic E-state index is -0.645. The summed E-state index contributed by atoms with van der Waals surface area (Å²) in [7, 11) is 1.26. The number of aromatic nitrogens is 2. The molecule has 40 heavy (non-hydrogen) atoms. The first-order valence-corrected chi connectivity index (χ1v) is 14.0. The van der Waals surface area contributed by atoms with Crippen molar-refractivity contribution in [3.8, 4) is 11.8 Å². The number of hydrogen-bond acceptors (Lipinski definition) is 6. The molecule has 0 radical (unpaired) electrons. The fraction of sp³-hybridized carbons (Fsp3) is 0.414. The number of rotatable bonds is 5. The van der Waals surface area contributed by atoms with Crippen LogP contribution in [0.5, 0.6) is 0 Å². The molecule has 0 atom stereocenters. The summed E-state index contributed by atoms with van der Waals surface area (Å²) in [5.41, 5.74) is 1.03. The van der Waals surface area contributed by atoms with Crippen LogP contribution in [0.4, 0.5) is 9.18 Å². The molecule has 1 fully saturated rings. The fourth-order valence-electron chi connectivity index (χ4n) is 4.37. The molecular weight excluding hydrogens is 603 g/mol. The summed E-state index contributed by atoms with van der Waals surface area (Å²) in [4.78, 5) is 33.0. The van der Waals surface area contributed by atoms with Gasteiger partial charge in [0.2, 0.25) is 0 Å². The largest absolute Gasteiger partial charge is 0.465 e. The Morgan fingerprint density at radius 2 is 1.82 bits per heavy atom. The summed E-state index contributed by atoms with van der Waals surface area (Å²) in [5.74, 6) is 5.02. The molecule has 2 heterocycles. The number of methoxy groups -OCH3 is 1. The van der Waals surface area contributed by atoms with Gasteiger partial charge in [-0.25, -0.2) is 19.0 Å². The molecule has 1 aliphatic heterocycles. The molecule has 0 bridgehead atoms. The van der Waals surface area contributed by atoms with Crippen molar-refractivity contribution in [3.63, 3.8) is 0 Å². The Morgan fingerprint density at radius 3 is 2.48 bits per heavy atom. The summed E-state index contributed by atoms with van der Waals surface area (Å²) in [5, 5.41) is 0.455. The van der Waals surface area contributed by atoms with E-state index < -0.39 is 17.4 Å². The molecule has 1 saturated heterocycles. The summed E-state index contributed by atoms with van der Waals surface area (Å²) < 4.78 is 28.6. The number of benzene rings is 2. The minimum absolute atomic E-state index is 0.103. The number of ether oxygens (including phenoxy) is 2. The van der Waals surface area contributed by atoms with Crippen LogP contribution in [0.25, 0.3) is 11.0 Å². The second kappa shape index (κ2) is 12.6. The SMILES string of the molecule is COC(=O)c1cc2c(ncn2CC#CCN2CCN(C(=O)OC(C)(C)C)CC2)c(F)c1Cc1ccc(Br)cc1Cl. The molecule has 0 aliphatic carbocycles. The molecular formula is C29H31BrClFN4O4. The van der Waals surface area contributed by atoms with E-state index in [0.29, 0.717) is 48.8 Å². The average molecular weight is 634 g/mol. The van der Waals surface area contributed by atoms with Crippen LogP contribution < -0.4 is 0 Å². The van der Waals surface area contributed by atoms with Gasteiger partial charge in [-0.3, -0.25) is 4.90 Å². The standard InChI is InChI=1S/C29H31BrClFN4O4/c1-29(2,3)40-28(38)35-13-11-34(12-14-35)9-5-6-10-36-18-33-26-24(36)17-22(27(37)39-4)21(25(26)32)15-19-7-8-20(30)16-23(19)31/h7-8,16-18H,9-15H2,1-4H3. The van der Waals surface area contributed by atoms with Gasteiger partial charge in [0.25, 0.3) is 0 Å². The maximum Gasteiger partial charge on any atom is 0.410 e. The van der Waals surface area contributed by atoms with Gasteiger partial charge in [0.15, 0.2) is 5.82 Å². The van der Waals surface area contributed by atoms with Crippen LogP contribution in [0, 0.1) is 17.7 Å². The van der Waals surface area contributed by atoms with E-state index in [-0.39, 0.29) is 35.7 Å². The second-order valence-electron chi connectivity index (χ2n) is 10.5. The van der Waals surface area contributed by atoms with Crippen LogP contribution in [0.2, 0.25) is 5.02 Å².